The standard InChI is InChI=1S/C33H33FN4O3S/c1-20-9-10-24(35-16-20)19-41-25-11-12-28-26(15-25)30(42-33(2,3)4)29(38(28)5)27(32(39)40)14-21-7-6-8-22(13-21)31-36-17-23(34)18-37-31/h6-13,15-18,27H,14,19H2,1-5H3,(H,39,40). The normalized spacial score (nSPS) is 12.4. The number of aliphatic carboxylic acids is 1. The first-order chi connectivity index (χ1) is 20.0. The molecule has 9 heteroatoms. The predicted molar refractivity (Wildman–Crippen MR) is 163 cm³/mol. The summed E-state index contributed by atoms with van der Waals surface area (Å²) in [7, 11) is 1.92. The number of carbonyl (C=O) groups is 1. The van der Waals surface area contributed by atoms with Crippen LogP contribution in [0.25, 0.3) is 22.3 Å². The summed E-state index contributed by atoms with van der Waals surface area (Å²) in [5, 5.41) is 11.5. The van der Waals surface area contributed by atoms with Crippen molar-refractivity contribution in [3.63, 3.8) is 0 Å². The Hall–Kier alpha value is -4.24. The molecule has 42 heavy (non-hydrogen) atoms. The van der Waals surface area contributed by atoms with Crippen LogP contribution in [0.4, 0.5) is 4.39 Å². The summed E-state index contributed by atoms with van der Waals surface area (Å²) in [6.07, 6.45) is 4.32. The van der Waals surface area contributed by atoms with E-state index in [0.29, 0.717) is 23.7 Å². The van der Waals surface area contributed by atoms with Gasteiger partial charge in [-0.3, -0.25) is 9.78 Å². The molecule has 2 aromatic carbocycles. The minimum Gasteiger partial charge on any atom is -0.487 e. The summed E-state index contributed by atoms with van der Waals surface area (Å²) in [5.74, 6) is -1.18. The molecule has 7 nitrogen and oxygen atoms in total. The fraction of sp³-hybridized carbons (Fsp3) is 0.273. The van der Waals surface area contributed by atoms with Gasteiger partial charge in [0.1, 0.15) is 18.3 Å². The van der Waals surface area contributed by atoms with Crippen molar-refractivity contribution in [2.24, 2.45) is 7.05 Å². The molecular formula is C33H33FN4O3S. The van der Waals surface area contributed by atoms with Crippen LogP contribution in [0.15, 0.2) is 78.1 Å². The van der Waals surface area contributed by atoms with Gasteiger partial charge in [-0.2, -0.15) is 0 Å². The topological polar surface area (TPSA) is 90.1 Å². The Morgan fingerprint density at radius 2 is 1.81 bits per heavy atom. The Labute approximate surface area is 248 Å². The summed E-state index contributed by atoms with van der Waals surface area (Å²) >= 11 is 1.65. The summed E-state index contributed by atoms with van der Waals surface area (Å²) < 4.78 is 21.3. The molecule has 0 spiro atoms. The van der Waals surface area contributed by atoms with Crippen LogP contribution >= 0.6 is 11.8 Å². The number of hydrogen-bond donors (Lipinski definition) is 1. The molecule has 1 unspecified atom stereocenters. The van der Waals surface area contributed by atoms with Crippen LogP contribution in [-0.2, 0) is 24.9 Å². The van der Waals surface area contributed by atoms with E-state index < -0.39 is 17.7 Å². The molecule has 3 aromatic heterocycles. The third-order valence-corrected chi connectivity index (χ3v) is 8.05. The molecule has 0 aliphatic heterocycles. The van der Waals surface area contributed by atoms with E-state index in [1.807, 2.05) is 79.3 Å². The number of ether oxygens (including phenoxy) is 1. The molecule has 1 atom stereocenters. The van der Waals surface area contributed by atoms with Gasteiger partial charge in [0.2, 0.25) is 0 Å². The van der Waals surface area contributed by atoms with E-state index in [2.05, 4.69) is 35.7 Å². The van der Waals surface area contributed by atoms with Crippen LogP contribution in [0.2, 0.25) is 0 Å². The lowest BCUT2D eigenvalue weighted by Crippen LogP contribution is -2.19. The number of rotatable bonds is 9. The Morgan fingerprint density at radius 3 is 2.48 bits per heavy atom. The van der Waals surface area contributed by atoms with Gasteiger partial charge in [0.15, 0.2) is 11.6 Å². The second-order valence-electron chi connectivity index (χ2n) is 11.3. The van der Waals surface area contributed by atoms with Crippen LogP contribution in [-0.4, -0.2) is 35.3 Å². The fourth-order valence-electron chi connectivity index (χ4n) is 4.88. The first-order valence-corrected chi connectivity index (χ1v) is 14.5. The number of carboxylic acid groups (broad SMARTS) is 1. The zero-order valence-electron chi connectivity index (χ0n) is 24.3. The number of aromatic nitrogens is 4. The summed E-state index contributed by atoms with van der Waals surface area (Å²) in [4.78, 5) is 26.4. The zero-order chi connectivity index (χ0) is 30.0. The SMILES string of the molecule is Cc1ccc(COc2ccc3c(c2)c(SC(C)(C)C)c(C(Cc2cccc(-c4ncc(F)cn4)c2)C(=O)O)n3C)nc1. The number of hydrogen-bond acceptors (Lipinski definition) is 6. The van der Waals surface area contributed by atoms with Crippen molar-refractivity contribution >= 4 is 28.6 Å². The average Bonchev–Trinajstić information content (AvgIpc) is 3.20. The largest absolute Gasteiger partial charge is 0.487 e. The van der Waals surface area contributed by atoms with Crippen LogP contribution in [0, 0.1) is 12.7 Å². The van der Waals surface area contributed by atoms with Crippen LogP contribution in [0.5, 0.6) is 5.75 Å². The summed E-state index contributed by atoms with van der Waals surface area (Å²) in [6, 6.07) is 17.3. The van der Waals surface area contributed by atoms with Gasteiger partial charge in [0.05, 0.1) is 18.1 Å². The van der Waals surface area contributed by atoms with Gasteiger partial charge in [0.25, 0.3) is 0 Å². The van der Waals surface area contributed by atoms with E-state index in [-0.39, 0.29) is 11.2 Å². The van der Waals surface area contributed by atoms with Crippen molar-refractivity contribution in [1.29, 1.82) is 0 Å². The van der Waals surface area contributed by atoms with Gasteiger partial charge < -0.3 is 14.4 Å². The van der Waals surface area contributed by atoms with E-state index in [4.69, 9.17) is 4.74 Å². The molecule has 0 saturated heterocycles. The highest BCUT2D eigenvalue weighted by atomic mass is 32.2. The van der Waals surface area contributed by atoms with Crippen molar-refractivity contribution in [3.8, 4) is 17.1 Å². The Morgan fingerprint density at radius 1 is 1.05 bits per heavy atom. The minimum atomic E-state index is -0.915. The van der Waals surface area contributed by atoms with Gasteiger partial charge in [-0.05, 0) is 54.8 Å². The monoisotopic (exact) mass is 584 g/mol. The van der Waals surface area contributed by atoms with Gasteiger partial charge in [0, 0.05) is 45.0 Å². The molecule has 3 heterocycles. The minimum absolute atomic E-state index is 0.172. The Bertz CT molecular complexity index is 1730. The van der Waals surface area contributed by atoms with Crippen LogP contribution < -0.4 is 4.74 Å². The molecule has 1 N–H and O–H groups in total. The maximum absolute atomic E-state index is 13.4. The summed E-state index contributed by atoms with van der Waals surface area (Å²) in [6.45, 7) is 8.68. The molecular weight excluding hydrogens is 551 g/mol. The molecule has 0 amide bonds. The highest BCUT2D eigenvalue weighted by Crippen LogP contribution is 2.45. The average molecular weight is 585 g/mol. The smallest absolute Gasteiger partial charge is 0.312 e. The maximum atomic E-state index is 13.4. The highest BCUT2D eigenvalue weighted by Gasteiger charge is 2.31. The second kappa shape index (κ2) is 11.9. The first kappa shape index (κ1) is 29.3. The quantitative estimate of drug-likeness (QED) is 0.181. The number of pyridine rings is 1. The molecule has 0 bridgehead atoms. The Balaban J connectivity index is 1.53. The first-order valence-electron chi connectivity index (χ1n) is 13.6. The van der Waals surface area contributed by atoms with Gasteiger partial charge in [-0.25, -0.2) is 14.4 Å². The van der Waals surface area contributed by atoms with Gasteiger partial charge >= 0.3 is 5.97 Å². The molecule has 5 aromatic rings. The van der Waals surface area contributed by atoms with E-state index >= 15 is 0 Å². The number of halogens is 1. The number of aryl methyl sites for hydroxylation is 2. The number of carboxylic acids is 1. The van der Waals surface area contributed by atoms with Gasteiger partial charge in [-0.15, -0.1) is 11.8 Å². The molecule has 0 fully saturated rings. The number of thioether (sulfide) groups is 1. The Kier molecular flexibility index (Phi) is 8.31. The molecule has 0 aliphatic carbocycles. The van der Waals surface area contributed by atoms with E-state index in [0.717, 1.165) is 50.7 Å². The maximum Gasteiger partial charge on any atom is 0.312 e. The van der Waals surface area contributed by atoms with Crippen molar-refractivity contribution in [2.75, 3.05) is 0 Å². The van der Waals surface area contributed by atoms with E-state index in [1.54, 1.807) is 11.8 Å². The summed E-state index contributed by atoms with van der Waals surface area (Å²) in [5.41, 5.74) is 5.10. The molecule has 5 rings (SSSR count). The number of benzene rings is 2. The van der Waals surface area contributed by atoms with Gasteiger partial charge in [-0.1, -0.05) is 45.0 Å². The molecule has 0 aliphatic rings. The van der Waals surface area contributed by atoms with Crippen LogP contribution in [0.3, 0.4) is 0 Å². The molecule has 0 radical (unpaired) electrons. The lowest BCUT2D eigenvalue weighted by atomic mass is 9.94. The molecule has 216 valence electrons. The zero-order valence-corrected chi connectivity index (χ0v) is 25.1. The van der Waals surface area contributed by atoms with Crippen molar-refractivity contribution in [3.05, 3.63) is 102 Å². The second-order valence-corrected chi connectivity index (χ2v) is 13.1. The van der Waals surface area contributed by atoms with Crippen molar-refractivity contribution in [2.45, 2.75) is 56.3 Å². The third-order valence-electron chi connectivity index (χ3n) is 6.81. The van der Waals surface area contributed by atoms with E-state index in [1.165, 1.54) is 0 Å². The number of nitrogens with zero attached hydrogens (tertiary/aromatic N) is 4. The lowest BCUT2D eigenvalue weighted by molar-refractivity contribution is -0.139. The van der Waals surface area contributed by atoms with Crippen LogP contribution in [0.1, 0.15) is 49.2 Å². The molecule has 0 saturated carbocycles. The predicted octanol–water partition coefficient (Wildman–Crippen LogP) is 7.36. The van der Waals surface area contributed by atoms with E-state index in [9.17, 15) is 14.3 Å². The van der Waals surface area contributed by atoms with Crippen molar-refractivity contribution in [1.82, 2.24) is 19.5 Å². The van der Waals surface area contributed by atoms with Crippen molar-refractivity contribution < 1.29 is 19.0 Å². The highest BCUT2D eigenvalue weighted by molar-refractivity contribution is 8.00. The number of fused-ring (bicyclic) bond motifs is 1. The third kappa shape index (κ3) is 6.62. The lowest BCUT2D eigenvalue weighted by Gasteiger charge is -2.22. The fourth-order valence-corrected chi connectivity index (χ4v) is 6.15.